The van der Waals surface area contributed by atoms with Gasteiger partial charge in [0.15, 0.2) is 5.96 Å². The third-order valence-corrected chi connectivity index (χ3v) is 4.33. The fourth-order valence-corrected chi connectivity index (χ4v) is 2.68. The van der Waals surface area contributed by atoms with Gasteiger partial charge in [-0.15, -0.1) is 0 Å². The van der Waals surface area contributed by atoms with Crippen LogP contribution in [0.4, 0.5) is 0 Å². The second kappa shape index (κ2) is 8.59. The van der Waals surface area contributed by atoms with Gasteiger partial charge in [0.2, 0.25) is 0 Å². The molecule has 2 fully saturated rings. The van der Waals surface area contributed by atoms with Crippen molar-refractivity contribution in [3.05, 3.63) is 0 Å². The molecule has 5 heteroatoms. The standard InChI is InChI=1S/C16H33N5/c1-4-17-16(19-12-15-5-6-15)18-11-14(2)13-21-9-7-20(3)8-10-21/h14-15H,4-13H2,1-3H3,(H2,17,18,19). The van der Waals surface area contributed by atoms with Crippen LogP contribution in [-0.4, -0.2) is 75.2 Å². The van der Waals surface area contributed by atoms with E-state index in [1.165, 1.54) is 45.6 Å². The summed E-state index contributed by atoms with van der Waals surface area (Å²) in [6, 6.07) is 0. The molecule has 1 heterocycles. The van der Waals surface area contributed by atoms with Crippen molar-refractivity contribution in [2.45, 2.75) is 26.7 Å². The molecule has 1 saturated heterocycles. The lowest BCUT2D eigenvalue weighted by atomic mass is 10.1. The zero-order chi connectivity index (χ0) is 15.1. The molecule has 1 aliphatic heterocycles. The normalized spacial score (nSPS) is 23.1. The molecule has 5 nitrogen and oxygen atoms in total. The Labute approximate surface area is 130 Å². The van der Waals surface area contributed by atoms with Crippen molar-refractivity contribution in [1.29, 1.82) is 0 Å². The van der Waals surface area contributed by atoms with E-state index in [2.05, 4.69) is 41.3 Å². The maximum absolute atomic E-state index is 4.75. The van der Waals surface area contributed by atoms with Crippen molar-refractivity contribution in [3.8, 4) is 0 Å². The summed E-state index contributed by atoms with van der Waals surface area (Å²) in [5.41, 5.74) is 0. The lowest BCUT2D eigenvalue weighted by molar-refractivity contribution is 0.140. The van der Waals surface area contributed by atoms with Gasteiger partial charge in [-0.25, -0.2) is 0 Å². The molecule has 21 heavy (non-hydrogen) atoms. The fraction of sp³-hybridized carbons (Fsp3) is 0.938. The Hall–Kier alpha value is -0.810. The first-order chi connectivity index (χ1) is 10.2. The van der Waals surface area contributed by atoms with Gasteiger partial charge < -0.3 is 20.4 Å². The minimum absolute atomic E-state index is 0.616. The average molecular weight is 295 g/mol. The van der Waals surface area contributed by atoms with Crippen LogP contribution in [0, 0.1) is 11.8 Å². The Morgan fingerprint density at radius 1 is 1.19 bits per heavy atom. The highest BCUT2D eigenvalue weighted by Crippen LogP contribution is 2.27. The SMILES string of the molecule is CCNC(=NCC(C)CN1CCN(C)CC1)NCC1CC1. The monoisotopic (exact) mass is 295 g/mol. The molecule has 0 aromatic carbocycles. The van der Waals surface area contributed by atoms with Gasteiger partial charge in [-0.3, -0.25) is 4.99 Å². The first kappa shape index (κ1) is 16.6. The van der Waals surface area contributed by atoms with E-state index in [0.29, 0.717) is 5.92 Å². The Morgan fingerprint density at radius 3 is 2.52 bits per heavy atom. The van der Waals surface area contributed by atoms with E-state index in [4.69, 9.17) is 4.99 Å². The lowest BCUT2D eigenvalue weighted by Gasteiger charge is -2.33. The highest BCUT2D eigenvalue weighted by molar-refractivity contribution is 5.79. The molecule has 1 atom stereocenters. The molecule has 1 aliphatic carbocycles. The van der Waals surface area contributed by atoms with Gasteiger partial charge in [-0.1, -0.05) is 6.92 Å². The highest BCUT2D eigenvalue weighted by Gasteiger charge is 2.21. The quantitative estimate of drug-likeness (QED) is 0.539. The van der Waals surface area contributed by atoms with Crippen LogP contribution >= 0.6 is 0 Å². The number of hydrogen-bond acceptors (Lipinski definition) is 3. The Balaban J connectivity index is 1.68. The van der Waals surface area contributed by atoms with Crippen LogP contribution in [0.2, 0.25) is 0 Å². The molecule has 0 spiro atoms. The minimum Gasteiger partial charge on any atom is -0.357 e. The third kappa shape index (κ3) is 6.66. The summed E-state index contributed by atoms with van der Waals surface area (Å²) in [5.74, 6) is 2.50. The summed E-state index contributed by atoms with van der Waals surface area (Å²) in [6.45, 7) is 13.3. The number of likely N-dealkylation sites (N-methyl/N-ethyl adjacent to an activating group) is 1. The van der Waals surface area contributed by atoms with Crippen LogP contribution in [0.15, 0.2) is 4.99 Å². The maximum Gasteiger partial charge on any atom is 0.191 e. The molecule has 0 radical (unpaired) electrons. The number of aliphatic imine (C=N–C) groups is 1. The Kier molecular flexibility index (Phi) is 6.77. The van der Waals surface area contributed by atoms with Gasteiger partial charge in [-0.2, -0.15) is 0 Å². The maximum atomic E-state index is 4.75. The predicted molar refractivity (Wildman–Crippen MR) is 89.8 cm³/mol. The van der Waals surface area contributed by atoms with Gasteiger partial charge >= 0.3 is 0 Å². The molecule has 1 unspecified atom stereocenters. The van der Waals surface area contributed by atoms with Crippen molar-refractivity contribution >= 4 is 5.96 Å². The number of rotatable bonds is 7. The lowest BCUT2D eigenvalue weighted by Crippen LogP contribution is -2.46. The van der Waals surface area contributed by atoms with Gasteiger partial charge in [0.05, 0.1) is 0 Å². The molecule has 0 aromatic heterocycles. The van der Waals surface area contributed by atoms with Crippen LogP contribution in [0.3, 0.4) is 0 Å². The zero-order valence-electron chi connectivity index (χ0n) is 14.1. The molecular weight excluding hydrogens is 262 g/mol. The highest BCUT2D eigenvalue weighted by atomic mass is 15.2. The van der Waals surface area contributed by atoms with Crippen LogP contribution < -0.4 is 10.6 Å². The molecule has 2 rings (SSSR count). The average Bonchev–Trinajstić information content (AvgIpc) is 3.29. The van der Waals surface area contributed by atoms with E-state index < -0.39 is 0 Å². The molecular formula is C16H33N5. The summed E-state index contributed by atoms with van der Waals surface area (Å²) in [5, 5.41) is 6.82. The summed E-state index contributed by atoms with van der Waals surface area (Å²) in [4.78, 5) is 9.73. The topological polar surface area (TPSA) is 42.9 Å². The third-order valence-electron chi connectivity index (χ3n) is 4.33. The number of hydrogen-bond donors (Lipinski definition) is 2. The van der Waals surface area contributed by atoms with Gasteiger partial charge in [0.1, 0.15) is 0 Å². The summed E-state index contributed by atoms with van der Waals surface area (Å²) >= 11 is 0. The smallest absolute Gasteiger partial charge is 0.191 e. The molecule has 122 valence electrons. The second-order valence-electron chi connectivity index (χ2n) is 6.75. The first-order valence-corrected chi connectivity index (χ1v) is 8.60. The summed E-state index contributed by atoms with van der Waals surface area (Å²) in [6.07, 6.45) is 2.76. The van der Waals surface area contributed by atoms with Crippen LogP contribution in [0.25, 0.3) is 0 Å². The molecule has 0 bridgehead atoms. The van der Waals surface area contributed by atoms with E-state index in [0.717, 1.165) is 31.5 Å². The van der Waals surface area contributed by atoms with E-state index in [1.807, 2.05) is 0 Å². The zero-order valence-corrected chi connectivity index (χ0v) is 14.1. The van der Waals surface area contributed by atoms with E-state index >= 15 is 0 Å². The van der Waals surface area contributed by atoms with Gasteiger partial charge in [-0.05, 0) is 38.6 Å². The van der Waals surface area contributed by atoms with Gasteiger partial charge in [0, 0.05) is 52.4 Å². The number of nitrogens with zero attached hydrogens (tertiary/aromatic N) is 3. The van der Waals surface area contributed by atoms with Crippen molar-refractivity contribution < 1.29 is 0 Å². The Bertz CT molecular complexity index is 319. The molecule has 2 N–H and O–H groups in total. The van der Waals surface area contributed by atoms with Crippen molar-refractivity contribution in [1.82, 2.24) is 20.4 Å². The molecule has 0 aromatic rings. The van der Waals surface area contributed by atoms with Crippen LogP contribution in [0.5, 0.6) is 0 Å². The predicted octanol–water partition coefficient (Wildman–Crippen LogP) is 0.835. The van der Waals surface area contributed by atoms with Crippen molar-refractivity contribution in [2.24, 2.45) is 16.8 Å². The summed E-state index contributed by atoms with van der Waals surface area (Å²) < 4.78 is 0. The van der Waals surface area contributed by atoms with E-state index in [1.54, 1.807) is 0 Å². The van der Waals surface area contributed by atoms with Crippen molar-refractivity contribution in [3.63, 3.8) is 0 Å². The second-order valence-corrected chi connectivity index (χ2v) is 6.75. The van der Waals surface area contributed by atoms with Gasteiger partial charge in [0.25, 0.3) is 0 Å². The fourth-order valence-electron chi connectivity index (χ4n) is 2.68. The van der Waals surface area contributed by atoms with E-state index in [-0.39, 0.29) is 0 Å². The van der Waals surface area contributed by atoms with Crippen LogP contribution in [0.1, 0.15) is 26.7 Å². The number of nitrogens with one attached hydrogen (secondary N) is 2. The van der Waals surface area contributed by atoms with Crippen molar-refractivity contribution in [2.75, 3.05) is 59.4 Å². The molecule has 0 amide bonds. The largest absolute Gasteiger partial charge is 0.357 e. The Morgan fingerprint density at radius 2 is 1.90 bits per heavy atom. The van der Waals surface area contributed by atoms with E-state index in [9.17, 15) is 0 Å². The number of piperazine rings is 1. The summed E-state index contributed by atoms with van der Waals surface area (Å²) in [7, 11) is 2.21. The minimum atomic E-state index is 0.616. The van der Waals surface area contributed by atoms with Crippen LogP contribution in [-0.2, 0) is 0 Å². The first-order valence-electron chi connectivity index (χ1n) is 8.60. The molecule has 2 aliphatic rings. The molecule has 1 saturated carbocycles. The number of guanidine groups is 1.